The molecule has 122 valence electrons. The SMILES string of the molecule is CCOc1cccc(-c2nc(C(=O)Nc3ccccc3F)cs2)c1. The molecule has 0 aliphatic carbocycles. The number of hydrogen-bond acceptors (Lipinski definition) is 4. The molecule has 0 fully saturated rings. The third kappa shape index (κ3) is 3.60. The number of amides is 1. The van der Waals surface area contributed by atoms with Crippen molar-refractivity contribution in [3.05, 3.63) is 65.4 Å². The molecular weight excluding hydrogens is 327 g/mol. The highest BCUT2D eigenvalue weighted by Gasteiger charge is 2.14. The Morgan fingerprint density at radius 2 is 2.08 bits per heavy atom. The van der Waals surface area contributed by atoms with Crippen LogP contribution in [-0.4, -0.2) is 17.5 Å². The summed E-state index contributed by atoms with van der Waals surface area (Å²) in [6.45, 7) is 2.50. The quantitative estimate of drug-likeness (QED) is 0.737. The molecule has 0 aliphatic heterocycles. The van der Waals surface area contributed by atoms with Crippen LogP contribution < -0.4 is 10.1 Å². The number of carbonyl (C=O) groups is 1. The molecule has 0 unspecified atom stereocenters. The van der Waals surface area contributed by atoms with Crippen molar-refractivity contribution in [1.29, 1.82) is 0 Å². The van der Waals surface area contributed by atoms with Crippen LogP contribution >= 0.6 is 11.3 Å². The van der Waals surface area contributed by atoms with Crippen molar-refractivity contribution in [3.8, 4) is 16.3 Å². The molecule has 3 rings (SSSR count). The van der Waals surface area contributed by atoms with E-state index in [0.29, 0.717) is 11.6 Å². The average molecular weight is 342 g/mol. The van der Waals surface area contributed by atoms with Crippen molar-refractivity contribution in [1.82, 2.24) is 4.98 Å². The Morgan fingerprint density at radius 3 is 2.88 bits per heavy atom. The highest BCUT2D eigenvalue weighted by molar-refractivity contribution is 7.13. The largest absolute Gasteiger partial charge is 0.494 e. The fourth-order valence-electron chi connectivity index (χ4n) is 2.15. The second kappa shape index (κ2) is 7.23. The predicted molar refractivity (Wildman–Crippen MR) is 93.1 cm³/mol. The van der Waals surface area contributed by atoms with Crippen LogP contribution in [0.4, 0.5) is 10.1 Å². The molecule has 0 bridgehead atoms. The molecule has 1 amide bonds. The van der Waals surface area contributed by atoms with Crippen LogP contribution in [0.15, 0.2) is 53.9 Å². The Morgan fingerprint density at radius 1 is 1.25 bits per heavy atom. The van der Waals surface area contributed by atoms with E-state index in [1.807, 2.05) is 31.2 Å². The number of para-hydroxylation sites is 1. The minimum atomic E-state index is -0.481. The number of nitrogens with zero attached hydrogens (tertiary/aromatic N) is 1. The lowest BCUT2D eigenvalue weighted by Gasteiger charge is -2.04. The summed E-state index contributed by atoms with van der Waals surface area (Å²) in [4.78, 5) is 16.6. The molecule has 1 heterocycles. The van der Waals surface area contributed by atoms with E-state index in [1.165, 1.54) is 23.5 Å². The molecule has 1 aromatic heterocycles. The van der Waals surface area contributed by atoms with Gasteiger partial charge in [0.1, 0.15) is 22.3 Å². The van der Waals surface area contributed by atoms with E-state index in [9.17, 15) is 9.18 Å². The van der Waals surface area contributed by atoms with E-state index in [0.717, 1.165) is 11.3 Å². The average Bonchev–Trinajstić information content (AvgIpc) is 3.08. The molecular formula is C18H15FN2O2S. The van der Waals surface area contributed by atoms with Crippen LogP contribution in [0.5, 0.6) is 5.75 Å². The minimum absolute atomic E-state index is 0.135. The Bertz CT molecular complexity index is 863. The Kier molecular flexibility index (Phi) is 4.86. The molecule has 0 saturated heterocycles. The lowest BCUT2D eigenvalue weighted by molar-refractivity contribution is 0.102. The van der Waals surface area contributed by atoms with Gasteiger partial charge in [-0.15, -0.1) is 11.3 Å². The molecule has 3 aromatic rings. The van der Waals surface area contributed by atoms with E-state index in [2.05, 4.69) is 10.3 Å². The van der Waals surface area contributed by atoms with Crippen molar-refractivity contribution in [2.24, 2.45) is 0 Å². The van der Waals surface area contributed by atoms with Gasteiger partial charge in [-0.3, -0.25) is 4.79 Å². The first-order valence-corrected chi connectivity index (χ1v) is 8.30. The lowest BCUT2D eigenvalue weighted by Crippen LogP contribution is -2.13. The number of thiazole rings is 1. The number of anilines is 1. The van der Waals surface area contributed by atoms with Gasteiger partial charge in [0, 0.05) is 10.9 Å². The number of nitrogens with one attached hydrogen (secondary N) is 1. The number of halogens is 1. The first-order valence-electron chi connectivity index (χ1n) is 7.42. The summed E-state index contributed by atoms with van der Waals surface area (Å²) in [5, 5.41) is 4.88. The molecule has 0 radical (unpaired) electrons. The van der Waals surface area contributed by atoms with Crippen LogP contribution in [-0.2, 0) is 0 Å². The number of hydrogen-bond donors (Lipinski definition) is 1. The molecule has 0 atom stereocenters. The summed E-state index contributed by atoms with van der Waals surface area (Å²) >= 11 is 1.35. The normalized spacial score (nSPS) is 10.4. The van der Waals surface area contributed by atoms with Gasteiger partial charge < -0.3 is 10.1 Å². The highest BCUT2D eigenvalue weighted by Crippen LogP contribution is 2.27. The zero-order valence-electron chi connectivity index (χ0n) is 13.0. The second-order valence-electron chi connectivity index (χ2n) is 4.93. The summed E-state index contributed by atoms with van der Waals surface area (Å²) in [6, 6.07) is 13.5. The third-order valence-corrected chi connectivity index (χ3v) is 4.14. The van der Waals surface area contributed by atoms with E-state index < -0.39 is 11.7 Å². The lowest BCUT2D eigenvalue weighted by atomic mass is 10.2. The Labute approximate surface area is 142 Å². The molecule has 2 aromatic carbocycles. The summed E-state index contributed by atoms with van der Waals surface area (Å²) in [7, 11) is 0. The van der Waals surface area contributed by atoms with E-state index >= 15 is 0 Å². The van der Waals surface area contributed by atoms with Crippen molar-refractivity contribution in [2.45, 2.75) is 6.92 Å². The predicted octanol–water partition coefficient (Wildman–Crippen LogP) is 4.60. The maximum atomic E-state index is 13.6. The number of benzene rings is 2. The smallest absolute Gasteiger partial charge is 0.275 e. The number of rotatable bonds is 5. The maximum absolute atomic E-state index is 13.6. The van der Waals surface area contributed by atoms with Crippen molar-refractivity contribution < 1.29 is 13.9 Å². The highest BCUT2D eigenvalue weighted by atomic mass is 32.1. The van der Waals surface area contributed by atoms with Crippen molar-refractivity contribution in [3.63, 3.8) is 0 Å². The van der Waals surface area contributed by atoms with Gasteiger partial charge in [0.25, 0.3) is 5.91 Å². The van der Waals surface area contributed by atoms with E-state index in [-0.39, 0.29) is 11.4 Å². The second-order valence-corrected chi connectivity index (χ2v) is 5.79. The van der Waals surface area contributed by atoms with Gasteiger partial charge in [-0.25, -0.2) is 9.37 Å². The van der Waals surface area contributed by atoms with Crippen LogP contribution in [0.1, 0.15) is 17.4 Å². The molecule has 6 heteroatoms. The number of ether oxygens (including phenoxy) is 1. The van der Waals surface area contributed by atoms with E-state index in [1.54, 1.807) is 17.5 Å². The number of carbonyl (C=O) groups excluding carboxylic acids is 1. The molecule has 0 spiro atoms. The first kappa shape index (κ1) is 16.1. The van der Waals surface area contributed by atoms with Gasteiger partial charge >= 0.3 is 0 Å². The molecule has 1 N–H and O–H groups in total. The van der Waals surface area contributed by atoms with Crippen LogP contribution in [0, 0.1) is 5.82 Å². The van der Waals surface area contributed by atoms with Gasteiger partial charge in [0.2, 0.25) is 0 Å². The zero-order chi connectivity index (χ0) is 16.9. The Hall–Kier alpha value is -2.73. The monoisotopic (exact) mass is 342 g/mol. The first-order chi connectivity index (χ1) is 11.7. The van der Waals surface area contributed by atoms with Gasteiger partial charge in [-0.05, 0) is 31.2 Å². The van der Waals surface area contributed by atoms with Crippen LogP contribution in [0.25, 0.3) is 10.6 Å². The van der Waals surface area contributed by atoms with Crippen LogP contribution in [0.3, 0.4) is 0 Å². The summed E-state index contributed by atoms with van der Waals surface area (Å²) in [5.74, 6) is -0.170. The minimum Gasteiger partial charge on any atom is -0.494 e. The molecule has 24 heavy (non-hydrogen) atoms. The molecule has 0 aliphatic rings. The van der Waals surface area contributed by atoms with Gasteiger partial charge in [-0.1, -0.05) is 24.3 Å². The summed E-state index contributed by atoms with van der Waals surface area (Å²) in [5.41, 5.74) is 1.26. The van der Waals surface area contributed by atoms with E-state index in [4.69, 9.17) is 4.74 Å². The molecule has 0 saturated carbocycles. The topological polar surface area (TPSA) is 51.2 Å². The number of aromatic nitrogens is 1. The maximum Gasteiger partial charge on any atom is 0.275 e. The van der Waals surface area contributed by atoms with Gasteiger partial charge in [0.05, 0.1) is 12.3 Å². The van der Waals surface area contributed by atoms with Crippen molar-refractivity contribution >= 4 is 22.9 Å². The van der Waals surface area contributed by atoms with Gasteiger partial charge in [0.15, 0.2) is 0 Å². The summed E-state index contributed by atoms with van der Waals surface area (Å²) in [6.07, 6.45) is 0. The molecule has 4 nitrogen and oxygen atoms in total. The third-order valence-electron chi connectivity index (χ3n) is 3.25. The van der Waals surface area contributed by atoms with Crippen molar-refractivity contribution in [2.75, 3.05) is 11.9 Å². The Balaban J connectivity index is 1.79. The fraction of sp³-hybridized carbons (Fsp3) is 0.111. The van der Waals surface area contributed by atoms with Crippen LogP contribution in [0.2, 0.25) is 0 Å². The van der Waals surface area contributed by atoms with Gasteiger partial charge in [-0.2, -0.15) is 0 Å². The standard InChI is InChI=1S/C18H15FN2O2S/c1-2-23-13-7-5-6-12(10-13)18-21-16(11-24-18)17(22)20-15-9-4-3-8-14(15)19/h3-11H,2H2,1H3,(H,20,22). The zero-order valence-corrected chi connectivity index (χ0v) is 13.8. The summed E-state index contributed by atoms with van der Waals surface area (Å²) < 4.78 is 19.1. The fourth-order valence-corrected chi connectivity index (χ4v) is 2.94.